The Kier molecular flexibility index (Phi) is 4.82. The molecule has 2 aromatic heterocycles. The van der Waals surface area contributed by atoms with E-state index in [2.05, 4.69) is 16.0 Å². The van der Waals surface area contributed by atoms with Crippen LogP contribution >= 0.6 is 23.1 Å². The standard InChI is InChI=1S/C20H19N3O3S2/c24-18(11-28-20-14-5-9-27-19(14)21-12-22-20)23-6-1-2-15(23)13-3-4-16-17(10-13)26-8-7-25-16/h3-5,9-10,12,15H,1-2,6-8,11H2. The molecule has 1 unspecified atom stereocenters. The Balaban J connectivity index is 1.31. The van der Waals surface area contributed by atoms with Gasteiger partial charge < -0.3 is 14.4 Å². The van der Waals surface area contributed by atoms with Gasteiger partial charge in [-0.25, -0.2) is 9.97 Å². The number of ether oxygens (including phenoxy) is 2. The van der Waals surface area contributed by atoms with Crippen molar-refractivity contribution >= 4 is 39.2 Å². The first kappa shape index (κ1) is 17.8. The Bertz CT molecular complexity index is 1020. The lowest BCUT2D eigenvalue weighted by atomic mass is 10.0. The molecule has 5 rings (SSSR count). The van der Waals surface area contributed by atoms with Gasteiger partial charge in [-0.3, -0.25) is 4.79 Å². The van der Waals surface area contributed by atoms with Crippen LogP contribution in [0.4, 0.5) is 0 Å². The number of likely N-dealkylation sites (tertiary alicyclic amines) is 1. The Labute approximate surface area is 170 Å². The van der Waals surface area contributed by atoms with Crippen LogP contribution in [-0.4, -0.2) is 46.3 Å². The van der Waals surface area contributed by atoms with Gasteiger partial charge in [0, 0.05) is 11.9 Å². The Morgan fingerprint density at radius 2 is 2.11 bits per heavy atom. The molecule has 3 aromatic rings. The fourth-order valence-electron chi connectivity index (χ4n) is 3.77. The van der Waals surface area contributed by atoms with E-state index in [9.17, 15) is 4.79 Å². The molecule has 4 heterocycles. The summed E-state index contributed by atoms with van der Waals surface area (Å²) in [6, 6.07) is 8.14. The van der Waals surface area contributed by atoms with Gasteiger partial charge in [-0.05, 0) is 42.0 Å². The molecule has 0 bridgehead atoms. The number of amides is 1. The number of hydrogen-bond donors (Lipinski definition) is 0. The molecule has 0 aliphatic carbocycles. The third-order valence-electron chi connectivity index (χ3n) is 5.08. The van der Waals surface area contributed by atoms with Crippen molar-refractivity contribution in [1.82, 2.24) is 14.9 Å². The van der Waals surface area contributed by atoms with Crippen LogP contribution in [0.3, 0.4) is 0 Å². The number of nitrogens with zero attached hydrogens (tertiary/aromatic N) is 3. The second-order valence-corrected chi connectivity index (χ2v) is 8.61. The fourth-order valence-corrected chi connectivity index (χ4v) is 5.44. The largest absolute Gasteiger partial charge is 0.486 e. The molecule has 8 heteroatoms. The number of hydrogen-bond acceptors (Lipinski definition) is 7. The SMILES string of the molecule is O=C(CSc1ncnc2sccc12)N1CCCC1c1ccc2c(c1)OCCO2. The van der Waals surface area contributed by atoms with Crippen molar-refractivity contribution in [2.45, 2.75) is 23.9 Å². The number of fused-ring (bicyclic) bond motifs is 2. The van der Waals surface area contributed by atoms with Gasteiger partial charge in [-0.1, -0.05) is 17.8 Å². The predicted octanol–water partition coefficient (Wildman–Crippen LogP) is 3.92. The van der Waals surface area contributed by atoms with E-state index in [1.807, 2.05) is 28.5 Å². The van der Waals surface area contributed by atoms with Crippen molar-refractivity contribution in [2.24, 2.45) is 0 Å². The van der Waals surface area contributed by atoms with E-state index in [-0.39, 0.29) is 11.9 Å². The molecular weight excluding hydrogens is 394 g/mol. The molecule has 1 atom stereocenters. The molecule has 2 aliphatic heterocycles. The summed E-state index contributed by atoms with van der Waals surface area (Å²) in [6.45, 7) is 1.94. The van der Waals surface area contributed by atoms with Crippen molar-refractivity contribution in [3.05, 3.63) is 41.5 Å². The second-order valence-electron chi connectivity index (χ2n) is 6.76. The van der Waals surface area contributed by atoms with Gasteiger partial charge in [0.2, 0.25) is 5.91 Å². The van der Waals surface area contributed by atoms with Crippen LogP contribution in [0.5, 0.6) is 11.5 Å². The first-order valence-corrected chi connectivity index (χ1v) is 11.2. The second kappa shape index (κ2) is 7.60. The number of benzene rings is 1. The van der Waals surface area contributed by atoms with Crippen LogP contribution in [0, 0.1) is 0 Å². The number of carbonyl (C=O) groups is 1. The zero-order valence-electron chi connectivity index (χ0n) is 15.2. The van der Waals surface area contributed by atoms with Crippen LogP contribution in [0.15, 0.2) is 41.0 Å². The predicted molar refractivity (Wildman–Crippen MR) is 109 cm³/mol. The normalized spacial score (nSPS) is 18.6. The highest BCUT2D eigenvalue weighted by molar-refractivity contribution is 8.00. The smallest absolute Gasteiger partial charge is 0.233 e. The molecule has 1 amide bonds. The van der Waals surface area contributed by atoms with Gasteiger partial charge in [-0.2, -0.15) is 0 Å². The number of thiophene rings is 1. The molecule has 6 nitrogen and oxygen atoms in total. The van der Waals surface area contributed by atoms with E-state index in [0.29, 0.717) is 19.0 Å². The summed E-state index contributed by atoms with van der Waals surface area (Å²) in [5.41, 5.74) is 1.11. The van der Waals surface area contributed by atoms with Crippen molar-refractivity contribution in [1.29, 1.82) is 0 Å². The van der Waals surface area contributed by atoms with Gasteiger partial charge in [-0.15, -0.1) is 11.3 Å². The Hall–Kier alpha value is -2.32. The third-order valence-corrected chi connectivity index (χ3v) is 6.89. The van der Waals surface area contributed by atoms with Crippen LogP contribution in [0.2, 0.25) is 0 Å². The average molecular weight is 414 g/mol. The molecule has 1 aromatic carbocycles. The minimum atomic E-state index is 0.0930. The van der Waals surface area contributed by atoms with Gasteiger partial charge in [0.25, 0.3) is 0 Å². The summed E-state index contributed by atoms with van der Waals surface area (Å²) < 4.78 is 11.3. The maximum absolute atomic E-state index is 13.0. The van der Waals surface area contributed by atoms with Crippen LogP contribution in [-0.2, 0) is 4.79 Å². The number of aromatic nitrogens is 2. The van der Waals surface area contributed by atoms with Gasteiger partial charge in [0.05, 0.1) is 11.8 Å². The summed E-state index contributed by atoms with van der Waals surface area (Å²) in [4.78, 5) is 24.6. The van der Waals surface area contributed by atoms with Gasteiger partial charge >= 0.3 is 0 Å². The van der Waals surface area contributed by atoms with Crippen molar-refractivity contribution in [2.75, 3.05) is 25.5 Å². The van der Waals surface area contributed by atoms with Crippen molar-refractivity contribution in [3.8, 4) is 11.5 Å². The lowest BCUT2D eigenvalue weighted by molar-refractivity contribution is -0.129. The number of thioether (sulfide) groups is 1. The zero-order chi connectivity index (χ0) is 18.9. The zero-order valence-corrected chi connectivity index (χ0v) is 16.8. The van der Waals surface area contributed by atoms with E-state index in [1.165, 1.54) is 11.8 Å². The lowest BCUT2D eigenvalue weighted by Crippen LogP contribution is -2.32. The van der Waals surface area contributed by atoms with Crippen molar-refractivity contribution in [3.63, 3.8) is 0 Å². The molecule has 0 saturated carbocycles. The molecule has 0 spiro atoms. The maximum atomic E-state index is 13.0. The summed E-state index contributed by atoms with van der Waals surface area (Å²) >= 11 is 3.08. The summed E-state index contributed by atoms with van der Waals surface area (Å²) in [7, 11) is 0. The Morgan fingerprint density at radius 3 is 3.04 bits per heavy atom. The molecule has 0 radical (unpaired) electrons. The third kappa shape index (κ3) is 3.31. The molecule has 144 valence electrons. The average Bonchev–Trinajstić information content (AvgIpc) is 3.41. The van der Waals surface area contributed by atoms with Gasteiger partial charge in [0.15, 0.2) is 11.5 Å². The lowest BCUT2D eigenvalue weighted by Gasteiger charge is -2.26. The van der Waals surface area contributed by atoms with E-state index < -0.39 is 0 Å². The topological polar surface area (TPSA) is 64.6 Å². The molecule has 0 N–H and O–H groups in total. The molecular formula is C20H19N3O3S2. The highest BCUT2D eigenvalue weighted by Crippen LogP contribution is 2.38. The van der Waals surface area contributed by atoms with Crippen LogP contribution in [0.25, 0.3) is 10.2 Å². The maximum Gasteiger partial charge on any atom is 0.233 e. The minimum Gasteiger partial charge on any atom is -0.486 e. The van der Waals surface area contributed by atoms with Gasteiger partial charge in [0.1, 0.15) is 29.4 Å². The first-order valence-electron chi connectivity index (χ1n) is 9.29. The van der Waals surface area contributed by atoms with Crippen LogP contribution < -0.4 is 9.47 Å². The molecule has 1 saturated heterocycles. The summed E-state index contributed by atoms with van der Waals surface area (Å²) in [5, 5.41) is 3.90. The monoisotopic (exact) mass is 413 g/mol. The van der Waals surface area contributed by atoms with E-state index in [4.69, 9.17) is 9.47 Å². The number of carbonyl (C=O) groups excluding carboxylic acids is 1. The highest BCUT2D eigenvalue weighted by atomic mass is 32.2. The van der Waals surface area contributed by atoms with E-state index in [0.717, 1.165) is 51.7 Å². The van der Waals surface area contributed by atoms with E-state index >= 15 is 0 Å². The summed E-state index contributed by atoms with van der Waals surface area (Å²) in [6.07, 6.45) is 3.55. The Morgan fingerprint density at radius 1 is 1.21 bits per heavy atom. The number of rotatable bonds is 4. The fraction of sp³-hybridized carbons (Fsp3) is 0.350. The summed E-state index contributed by atoms with van der Waals surface area (Å²) in [5.74, 6) is 2.08. The highest BCUT2D eigenvalue weighted by Gasteiger charge is 2.31. The minimum absolute atomic E-state index is 0.0930. The quantitative estimate of drug-likeness (QED) is 0.477. The first-order chi connectivity index (χ1) is 13.8. The van der Waals surface area contributed by atoms with E-state index in [1.54, 1.807) is 17.7 Å². The van der Waals surface area contributed by atoms with Crippen LogP contribution in [0.1, 0.15) is 24.4 Å². The molecule has 28 heavy (non-hydrogen) atoms. The van der Waals surface area contributed by atoms with Crippen molar-refractivity contribution < 1.29 is 14.3 Å². The molecule has 1 fully saturated rings. The molecule has 2 aliphatic rings.